The first kappa shape index (κ1) is 9.88. The normalized spacial score (nSPS) is 10.8. The van der Waals surface area contributed by atoms with Crippen LogP contribution in [0.4, 0.5) is 0 Å². The highest BCUT2D eigenvalue weighted by atomic mass is 16.4. The lowest BCUT2D eigenvalue weighted by Crippen LogP contribution is -2.04. The highest BCUT2D eigenvalue weighted by Gasteiger charge is 2.03. The van der Waals surface area contributed by atoms with Gasteiger partial charge >= 0.3 is 5.97 Å². The van der Waals surface area contributed by atoms with Crippen LogP contribution in [0.1, 0.15) is 20.3 Å². The Morgan fingerprint density at radius 3 is 2.36 bits per heavy atom. The molecule has 62 valence electrons. The summed E-state index contributed by atoms with van der Waals surface area (Å²) in [6.45, 7) is 3.58. The number of allylic oxidation sites excluding steroid dienone is 1. The smallest absolute Gasteiger partial charge is 0.327 e. The number of carbonyl (C=O) groups is 2. The number of hydrogen-bond donors (Lipinski definition) is 1. The third-order valence-corrected chi connectivity index (χ3v) is 1.22. The Kier molecular flexibility index (Phi) is 4.18. The van der Waals surface area contributed by atoms with E-state index in [4.69, 9.17) is 5.11 Å². The average Bonchev–Trinajstić information content (AvgIpc) is 1.86. The Morgan fingerprint density at radius 1 is 1.45 bits per heavy atom. The number of carboxylic acid groups (broad SMARTS) is 1. The molecule has 0 rings (SSSR count). The first-order valence-electron chi connectivity index (χ1n) is 3.46. The third-order valence-electron chi connectivity index (χ3n) is 1.22. The molecule has 3 heteroatoms. The Labute approximate surface area is 65.7 Å². The van der Waals surface area contributed by atoms with Crippen LogP contribution in [0.2, 0.25) is 0 Å². The van der Waals surface area contributed by atoms with Gasteiger partial charge in [0.05, 0.1) is 0 Å². The predicted octanol–water partition coefficient (Wildman–Crippen LogP) is 1.24. The molecule has 0 aromatic rings. The fourth-order valence-corrected chi connectivity index (χ4v) is 0.512. The van der Waals surface area contributed by atoms with Gasteiger partial charge in [-0.2, -0.15) is 0 Å². The molecular formula is C8H12O3. The molecule has 0 aromatic heterocycles. The quantitative estimate of drug-likeness (QED) is 0.623. The Hall–Kier alpha value is -1.12. The van der Waals surface area contributed by atoms with Gasteiger partial charge in [0.2, 0.25) is 0 Å². The highest BCUT2D eigenvalue weighted by molar-refractivity contribution is 5.84. The van der Waals surface area contributed by atoms with Crippen LogP contribution < -0.4 is 0 Å². The lowest BCUT2D eigenvalue weighted by molar-refractivity contribution is -0.131. The zero-order valence-electron chi connectivity index (χ0n) is 6.70. The molecule has 0 aliphatic carbocycles. The number of ketones is 1. The largest absolute Gasteiger partial charge is 0.478 e. The maximum Gasteiger partial charge on any atom is 0.327 e. The van der Waals surface area contributed by atoms with E-state index in [-0.39, 0.29) is 18.1 Å². The zero-order valence-corrected chi connectivity index (χ0v) is 6.70. The maximum atomic E-state index is 10.9. The van der Waals surface area contributed by atoms with Gasteiger partial charge in [-0.1, -0.05) is 19.9 Å². The van der Waals surface area contributed by atoms with E-state index in [1.807, 2.05) is 0 Å². The second-order valence-corrected chi connectivity index (χ2v) is 2.57. The van der Waals surface area contributed by atoms with Crippen LogP contribution in [0.5, 0.6) is 0 Å². The number of Topliss-reactive ketones (excluding diaryl/α,β-unsaturated/α-hetero) is 1. The molecule has 0 unspecified atom stereocenters. The molecule has 0 aromatic carbocycles. The summed E-state index contributed by atoms with van der Waals surface area (Å²) in [5, 5.41) is 8.17. The second-order valence-electron chi connectivity index (χ2n) is 2.57. The molecule has 0 saturated carbocycles. The molecule has 0 heterocycles. The standard InChI is InChI=1S/C8H12O3/c1-6(2)7(9)4-3-5-8(10)11/h3,5-6H,4H2,1-2H3,(H,10,11)/b5-3+. The van der Waals surface area contributed by atoms with Gasteiger partial charge in [-0.15, -0.1) is 0 Å². The fraction of sp³-hybridized carbons (Fsp3) is 0.500. The molecule has 0 saturated heterocycles. The minimum atomic E-state index is -1.01. The summed E-state index contributed by atoms with van der Waals surface area (Å²) in [6.07, 6.45) is 2.56. The van der Waals surface area contributed by atoms with E-state index in [9.17, 15) is 9.59 Å². The number of carbonyl (C=O) groups excluding carboxylic acids is 1. The number of aliphatic carboxylic acids is 1. The summed E-state index contributed by atoms with van der Waals surface area (Å²) in [4.78, 5) is 20.8. The van der Waals surface area contributed by atoms with Crippen molar-refractivity contribution in [3.8, 4) is 0 Å². The van der Waals surface area contributed by atoms with E-state index in [2.05, 4.69) is 0 Å². The molecule has 0 atom stereocenters. The van der Waals surface area contributed by atoms with Gasteiger partial charge in [-0.3, -0.25) is 4.79 Å². The molecule has 0 amide bonds. The van der Waals surface area contributed by atoms with E-state index in [1.165, 1.54) is 6.08 Å². The van der Waals surface area contributed by atoms with Crippen molar-refractivity contribution in [2.24, 2.45) is 5.92 Å². The van der Waals surface area contributed by atoms with Crippen molar-refractivity contribution in [1.82, 2.24) is 0 Å². The minimum Gasteiger partial charge on any atom is -0.478 e. The number of carboxylic acids is 1. The summed E-state index contributed by atoms with van der Waals surface area (Å²) in [6, 6.07) is 0. The SMILES string of the molecule is CC(C)C(=O)C/C=C/C(=O)O. The van der Waals surface area contributed by atoms with Crippen molar-refractivity contribution in [1.29, 1.82) is 0 Å². The van der Waals surface area contributed by atoms with Crippen molar-refractivity contribution in [3.05, 3.63) is 12.2 Å². The van der Waals surface area contributed by atoms with E-state index in [0.717, 1.165) is 6.08 Å². The Bertz CT molecular complexity index is 180. The average molecular weight is 156 g/mol. The minimum absolute atomic E-state index is 0.0200. The van der Waals surface area contributed by atoms with Gasteiger partial charge in [0.15, 0.2) is 0 Å². The summed E-state index contributed by atoms with van der Waals surface area (Å²) in [7, 11) is 0. The van der Waals surface area contributed by atoms with E-state index in [1.54, 1.807) is 13.8 Å². The fourth-order valence-electron chi connectivity index (χ4n) is 0.512. The van der Waals surface area contributed by atoms with Crippen LogP contribution in [0, 0.1) is 5.92 Å². The Morgan fingerprint density at radius 2 is 2.00 bits per heavy atom. The van der Waals surface area contributed by atoms with E-state index < -0.39 is 5.97 Å². The number of rotatable bonds is 4. The van der Waals surface area contributed by atoms with Crippen molar-refractivity contribution in [2.45, 2.75) is 20.3 Å². The van der Waals surface area contributed by atoms with Crippen molar-refractivity contribution >= 4 is 11.8 Å². The van der Waals surface area contributed by atoms with Crippen LogP contribution in [-0.4, -0.2) is 16.9 Å². The van der Waals surface area contributed by atoms with Crippen LogP contribution >= 0.6 is 0 Å². The summed E-state index contributed by atoms with van der Waals surface area (Å²) >= 11 is 0. The van der Waals surface area contributed by atoms with Gasteiger partial charge in [0, 0.05) is 18.4 Å². The molecule has 0 fully saturated rings. The van der Waals surface area contributed by atoms with Crippen molar-refractivity contribution < 1.29 is 14.7 Å². The third kappa shape index (κ3) is 5.33. The molecule has 0 aliphatic rings. The molecule has 0 radical (unpaired) electrons. The van der Waals surface area contributed by atoms with Crippen LogP contribution in [-0.2, 0) is 9.59 Å². The van der Waals surface area contributed by atoms with Crippen molar-refractivity contribution in [3.63, 3.8) is 0 Å². The summed E-state index contributed by atoms with van der Waals surface area (Å²) in [5.41, 5.74) is 0. The summed E-state index contributed by atoms with van der Waals surface area (Å²) in [5.74, 6) is -0.975. The van der Waals surface area contributed by atoms with Crippen molar-refractivity contribution in [2.75, 3.05) is 0 Å². The monoisotopic (exact) mass is 156 g/mol. The predicted molar refractivity (Wildman–Crippen MR) is 41.2 cm³/mol. The molecule has 0 aliphatic heterocycles. The van der Waals surface area contributed by atoms with E-state index >= 15 is 0 Å². The van der Waals surface area contributed by atoms with Gasteiger partial charge in [-0.25, -0.2) is 4.79 Å². The molecule has 11 heavy (non-hydrogen) atoms. The van der Waals surface area contributed by atoms with Gasteiger partial charge in [0.1, 0.15) is 5.78 Å². The molecule has 0 spiro atoms. The first-order valence-corrected chi connectivity index (χ1v) is 3.46. The lowest BCUT2D eigenvalue weighted by atomic mass is 10.1. The topological polar surface area (TPSA) is 54.4 Å². The van der Waals surface area contributed by atoms with Crippen LogP contribution in [0.15, 0.2) is 12.2 Å². The number of hydrogen-bond acceptors (Lipinski definition) is 2. The maximum absolute atomic E-state index is 10.9. The van der Waals surface area contributed by atoms with Gasteiger partial charge in [0.25, 0.3) is 0 Å². The first-order chi connectivity index (χ1) is 5.04. The Balaban J connectivity index is 3.71. The molecule has 1 N–H and O–H groups in total. The second kappa shape index (κ2) is 4.66. The lowest BCUT2D eigenvalue weighted by Gasteiger charge is -1.97. The summed E-state index contributed by atoms with van der Waals surface area (Å²) < 4.78 is 0. The van der Waals surface area contributed by atoms with Crippen LogP contribution in [0.3, 0.4) is 0 Å². The van der Waals surface area contributed by atoms with Crippen LogP contribution in [0.25, 0.3) is 0 Å². The molecule has 3 nitrogen and oxygen atoms in total. The molecular weight excluding hydrogens is 144 g/mol. The highest BCUT2D eigenvalue weighted by Crippen LogP contribution is 1.98. The molecule has 0 bridgehead atoms. The van der Waals surface area contributed by atoms with Gasteiger partial charge in [-0.05, 0) is 0 Å². The van der Waals surface area contributed by atoms with E-state index in [0.29, 0.717) is 0 Å². The zero-order chi connectivity index (χ0) is 8.85. The van der Waals surface area contributed by atoms with Gasteiger partial charge < -0.3 is 5.11 Å².